The largest absolute Gasteiger partial charge is 0.454 e. The van der Waals surface area contributed by atoms with Gasteiger partial charge in [0.2, 0.25) is 15.9 Å². The highest BCUT2D eigenvalue weighted by Crippen LogP contribution is 2.13. The Morgan fingerprint density at radius 1 is 1.03 bits per heavy atom. The third-order valence-corrected chi connectivity index (χ3v) is 6.23. The maximum atomic E-state index is 12.6. The molecule has 0 aliphatic carbocycles. The molecule has 0 saturated heterocycles. The molecule has 0 bridgehead atoms. The van der Waals surface area contributed by atoms with E-state index in [4.69, 9.17) is 4.74 Å². The van der Waals surface area contributed by atoms with E-state index in [0.29, 0.717) is 18.7 Å². The molecule has 9 nitrogen and oxygen atoms in total. The Balaban J connectivity index is 1.90. The second-order valence-corrected chi connectivity index (χ2v) is 9.16. The molecule has 0 aliphatic heterocycles. The molecule has 10 heteroatoms. The van der Waals surface area contributed by atoms with Crippen molar-refractivity contribution in [2.75, 3.05) is 25.0 Å². The number of nitrogens with zero attached hydrogens (tertiary/aromatic N) is 1. The number of anilines is 1. The number of rotatable bonds is 11. The zero-order chi connectivity index (χ0) is 24.4. The van der Waals surface area contributed by atoms with E-state index in [1.165, 1.54) is 24.0 Å². The number of carbonyl (C=O) groups excluding carboxylic acids is 3. The first kappa shape index (κ1) is 26.0. The van der Waals surface area contributed by atoms with Crippen LogP contribution in [0.4, 0.5) is 5.69 Å². The second-order valence-electron chi connectivity index (χ2n) is 7.44. The fraction of sp³-hybridized carbons (Fsp3) is 0.348. The zero-order valence-corrected chi connectivity index (χ0v) is 19.7. The van der Waals surface area contributed by atoms with Gasteiger partial charge >= 0.3 is 5.97 Å². The third kappa shape index (κ3) is 7.99. The van der Waals surface area contributed by atoms with Gasteiger partial charge in [-0.05, 0) is 44.0 Å². The standard InChI is InChI=1S/C23H29N3O6S/c1-4-14-26(15-21(27)24-20-13-9-8-10-17(20)2)22(28)16-32-23(29)18(3)25-33(30,31)19-11-6-5-7-12-19/h5-13,18,25H,4,14-16H2,1-3H3,(H,24,27)/t18-/m0/s1. The number of hydrogen-bond acceptors (Lipinski definition) is 6. The highest BCUT2D eigenvalue weighted by atomic mass is 32.2. The number of benzene rings is 2. The minimum absolute atomic E-state index is 0.00881. The van der Waals surface area contributed by atoms with E-state index in [2.05, 4.69) is 10.0 Å². The Morgan fingerprint density at radius 2 is 1.67 bits per heavy atom. The summed E-state index contributed by atoms with van der Waals surface area (Å²) >= 11 is 0. The number of aryl methyl sites for hydroxylation is 1. The van der Waals surface area contributed by atoms with E-state index in [-0.39, 0.29) is 17.3 Å². The van der Waals surface area contributed by atoms with E-state index in [9.17, 15) is 22.8 Å². The van der Waals surface area contributed by atoms with Gasteiger partial charge in [-0.3, -0.25) is 14.4 Å². The molecule has 0 fully saturated rings. The number of sulfonamides is 1. The predicted molar refractivity (Wildman–Crippen MR) is 124 cm³/mol. The smallest absolute Gasteiger partial charge is 0.324 e. The lowest BCUT2D eigenvalue weighted by Gasteiger charge is -2.22. The summed E-state index contributed by atoms with van der Waals surface area (Å²) in [7, 11) is -3.92. The molecule has 0 aliphatic rings. The first-order chi connectivity index (χ1) is 15.6. The summed E-state index contributed by atoms with van der Waals surface area (Å²) < 4.78 is 31.9. The minimum atomic E-state index is -3.92. The predicted octanol–water partition coefficient (Wildman–Crippen LogP) is 2.08. The molecule has 0 heterocycles. The van der Waals surface area contributed by atoms with E-state index in [1.54, 1.807) is 30.3 Å². The van der Waals surface area contributed by atoms with Gasteiger partial charge in [-0.25, -0.2) is 8.42 Å². The van der Waals surface area contributed by atoms with Gasteiger partial charge in [-0.2, -0.15) is 4.72 Å². The molecule has 2 aromatic carbocycles. The van der Waals surface area contributed by atoms with Gasteiger partial charge < -0.3 is 15.0 Å². The molecule has 2 amide bonds. The van der Waals surface area contributed by atoms with Crippen molar-refractivity contribution in [2.45, 2.75) is 38.1 Å². The van der Waals surface area contributed by atoms with Crippen molar-refractivity contribution in [3.63, 3.8) is 0 Å². The van der Waals surface area contributed by atoms with Gasteiger partial charge in [-0.1, -0.05) is 43.3 Å². The van der Waals surface area contributed by atoms with Gasteiger partial charge in [0.15, 0.2) is 6.61 Å². The molecule has 1 atom stereocenters. The number of ether oxygens (including phenoxy) is 1. The number of esters is 1. The maximum Gasteiger partial charge on any atom is 0.324 e. The van der Waals surface area contributed by atoms with Crippen molar-refractivity contribution < 1.29 is 27.5 Å². The van der Waals surface area contributed by atoms with Crippen LogP contribution in [0.15, 0.2) is 59.5 Å². The zero-order valence-electron chi connectivity index (χ0n) is 18.9. The van der Waals surface area contributed by atoms with E-state index >= 15 is 0 Å². The van der Waals surface area contributed by atoms with Crippen molar-refractivity contribution in [1.82, 2.24) is 9.62 Å². The summed E-state index contributed by atoms with van der Waals surface area (Å²) in [5.74, 6) is -1.83. The number of nitrogens with one attached hydrogen (secondary N) is 2. The van der Waals surface area contributed by atoms with Crippen LogP contribution < -0.4 is 10.0 Å². The molecule has 2 rings (SSSR count). The van der Waals surface area contributed by atoms with Crippen molar-refractivity contribution in [3.05, 3.63) is 60.2 Å². The second kappa shape index (κ2) is 12.1. The van der Waals surface area contributed by atoms with Crippen LogP contribution in [0.25, 0.3) is 0 Å². The summed E-state index contributed by atoms with van der Waals surface area (Å²) in [6.07, 6.45) is 0.602. The molecule has 2 N–H and O–H groups in total. The fourth-order valence-corrected chi connectivity index (χ4v) is 4.15. The van der Waals surface area contributed by atoms with Gasteiger partial charge in [0.25, 0.3) is 5.91 Å². The highest BCUT2D eigenvalue weighted by Gasteiger charge is 2.25. The Morgan fingerprint density at radius 3 is 2.30 bits per heavy atom. The van der Waals surface area contributed by atoms with Gasteiger partial charge in [0.1, 0.15) is 6.04 Å². The van der Waals surface area contributed by atoms with Crippen molar-refractivity contribution >= 4 is 33.5 Å². The van der Waals surface area contributed by atoms with Crippen molar-refractivity contribution in [3.8, 4) is 0 Å². The van der Waals surface area contributed by atoms with Crippen LogP contribution in [-0.4, -0.2) is 56.8 Å². The molecule has 0 unspecified atom stereocenters. The fourth-order valence-electron chi connectivity index (χ4n) is 2.94. The Bertz CT molecular complexity index is 1070. The molecular weight excluding hydrogens is 446 g/mol. The molecular formula is C23H29N3O6S. The summed E-state index contributed by atoms with van der Waals surface area (Å²) in [5, 5.41) is 2.76. The van der Waals surface area contributed by atoms with Crippen LogP contribution in [0.1, 0.15) is 25.8 Å². The van der Waals surface area contributed by atoms with Crippen LogP contribution >= 0.6 is 0 Å². The molecule has 0 spiro atoms. The topological polar surface area (TPSA) is 122 Å². The maximum absolute atomic E-state index is 12.6. The number of carbonyl (C=O) groups is 3. The van der Waals surface area contributed by atoms with Gasteiger partial charge in [-0.15, -0.1) is 0 Å². The first-order valence-corrected chi connectivity index (χ1v) is 12.0. The molecule has 0 aromatic heterocycles. The summed E-state index contributed by atoms with van der Waals surface area (Å²) in [6.45, 7) is 4.53. The normalized spacial score (nSPS) is 12.0. The quantitative estimate of drug-likeness (QED) is 0.480. The SMILES string of the molecule is CCCN(CC(=O)Nc1ccccc1C)C(=O)COC(=O)[C@H](C)NS(=O)(=O)c1ccccc1. The van der Waals surface area contributed by atoms with E-state index < -0.39 is 34.5 Å². The van der Waals surface area contributed by atoms with Gasteiger partial charge in [0.05, 0.1) is 11.4 Å². The van der Waals surface area contributed by atoms with Crippen molar-refractivity contribution in [2.24, 2.45) is 0 Å². The molecule has 0 saturated carbocycles. The summed E-state index contributed by atoms with van der Waals surface area (Å²) in [5.41, 5.74) is 1.54. The molecule has 2 aromatic rings. The van der Waals surface area contributed by atoms with Crippen molar-refractivity contribution in [1.29, 1.82) is 0 Å². The number of amides is 2. The molecule has 178 valence electrons. The lowest BCUT2D eigenvalue weighted by molar-refractivity contribution is -0.153. The minimum Gasteiger partial charge on any atom is -0.454 e. The summed E-state index contributed by atoms with van der Waals surface area (Å²) in [4.78, 5) is 38.5. The van der Waals surface area contributed by atoms with E-state index in [1.807, 2.05) is 26.0 Å². The summed E-state index contributed by atoms with van der Waals surface area (Å²) in [6, 6.07) is 13.7. The van der Waals surface area contributed by atoms with Crippen LogP contribution in [0, 0.1) is 6.92 Å². The average molecular weight is 476 g/mol. The van der Waals surface area contributed by atoms with Crippen LogP contribution in [-0.2, 0) is 29.1 Å². The first-order valence-electron chi connectivity index (χ1n) is 10.5. The monoisotopic (exact) mass is 475 g/mol. The van der Waals surface area contributed by atoms with Crippen LogP contribution in [0.3, 0.4) is 0 Å². The number of para-hydroxylation sites is 1. The number of hydrogen-bond donors (Lipinski definition) is 2. The molecule has 0 radical (unpaired) electrons. The van der Waals surface area contributed by atoms with Crippen LogP contribution in [0.5, 0.6) is 0 Å². The van der Waals surface area contributed by atoms with Crippen LogP contribution in [0.2, 0.25) is 0 Å². The Kier molecular flexibility index (Phi) is 9.56. The Hall–Kier alpha value is -3.24. The average Bonchev–Trinajstić information content (AvgIpc) is 2.78. The Labute approximate surface area is 194 Å². The molecule has 33 heavy (non-hydrogen) atoms. The van der Waals surface area contributed by atoms with Gasteiger partial charge in [0, 0.05) is 12.2 Å². The van der Waals surface area contributed by atoms with E-state index in [0.717, 1.165) is 5.56 Å². The third-order valence-electron chi connectivity index (χ3n) is 4.68. The lowest BCUT2D eigenvalue weighted by Crippen LogP contribution is -2.43. The lowest BCUT2D eigenvalue weighted by atomic mass is 10.2. The highest BCUT2D eigenvalue weighted by molar-refractivity contribution is 7.89.